The molecule has 3 rings (SSSR count). The number of hydrogen-bond donors (Lipinski definition) is 2. The highest BCUT2D eigenvalue weighted by atomic mass is 79.9. The van der Waals surface area contributed by atoms with Gasteiger partial charge in [-0.05, 0) is 49.6 Å². The van der Waals surface area contributed by atoms with E-state index in [2.05, 4.69) is 50.4 Å². The van der Waals surface area contributed by atoms with Gasteiger partial charge in [0.2, 0.25) is 0 Å². The van der Waals surface area contributed by atoms with E-state index < -0.39 is 0 Å². The van der Waals surface area contributed by atoms with Crippen LogP contribution in [-0.4, -0.2) is 36.6 Å². The summed E-state index contributed by atoms with van der Waals surface area (Å²) in [5, 5.41) is 3.73. The van der Waals surface area contributed by atoms with Crippen LogP contribution in [-0.2, 0) is 0 Å². The fourth-order valence-electron chi connectivity index (χ4n) is 3.35. The van der Waals surface area contributed by atoms with Crippen molar-refractivity contribution in [3.63, 3.8) is 0 Å². The molecule has 0 spiro atoms. The molecule has 2 fully saturated rings. The number of nitrogens with zero attached hydrogens (tertiary/aromatic N) is 1. The van der Waals surface area contributed by atoms with Gasteiger partial charge in [-0.1, -0.05) is 15.9 Å². The zero-order valence-corrected chi connectivity index (χ0v) is 12.1. The van der Waals surface area contributed by atoms with Crippen molar-refractivity contribution < 1.29 is 0 Å². The Labute approximate surface area is 117 Å². The number of nitrogens with one attached hydrogen (secondary N) is 1. The summed E-state index contributed by atoms with van der Waals surface area (Å²) in [6.45, 7) is 4.36. The lowest BCUT2D eigenvalue weighted by Crippen LogP contribution is -2.56. The minimum Gasteiger partial charge on any atom is -0.378 e. The van der Waals surface area contributed by atoms with Gasteiger partial charge < -0.3 is 16.0 Å². The van der Waals surface area contributed by atoms with Crippen LogP contribution in [0.1, 0.15) is 12.8 Å². The number of piperidine rings is 1. The second kappa shape index (κ2) is 4.83. The third-order valence-electron chi connectivity index (χ3n) is 4.53. The Balaban J connectivity index is 1.81. The Morgan fingerprint density at radius 1 is 1.33 bits per heavy atom. The Bertz CT molecular complexity index is 420. The average molecular weight is 310 g/mol. The molecule has 4 heteroatoms. The molecule has 2 aliphatic rings. The highest BCUT2D eigenvalue weighted by Gasteiger charge is 2.45. The van der Waals surface area contributed by atoms with Gasteiger partial charge in [0, 0.05) is 29.8 Å². The molecular weight excluding hydrogens is 290 g/mol. The van der Waals surface area contributed by atoms with Gasteiger partial charge in [-0.15, -0.1) is 0 Å². The van der Waals surface area contributed by atoms with Crippen LogP contribution in [0.5, 0.6) is 0 Å². The first-order valence-electron chi connectivity index (χ1n) is 6.68. The summed E-state index contributed by atoms with van der Waals surface area (Å²) in [5.41, 5.74) is 7.39. The maximum Gasteiger partial charge on any atom is 0.0548 e. The van der Waals surface area contributed by atoms with Crippen LogP contribution >= 0.6 is 15.9 Å². The average Bonchev–Trinajstić information content (AvgIpc) is 2.81. The Kier molecular flexibility index (Phi) is 3.34. The molecule has 0 aliphatic carbocycles. The van der Waals surface area contributed by atoms with Gasteiger partial charge in [-0.25, -0.2) is 0 Å². The van der Waals surface area contributed by atoms with E-state index in [9.17, 15) is 0 Å². The van der Waals surface area contributed by atoms with Gasteiger partial charge in [-0.3, -0.25) is 0 Å². The number of nitrogens with two attached hydrogens (primary N) is 1. The molecule has 98 valence electrons. The Morgan fingerprint density at radius 2 is 2.11 bits per heavy atom. The molecule has 3 unspecified atom stereocenters. The van der Waals surface area contributed by atoms with Crippen LogP contribution in [0.25, 0.3) is 0 Å². The molecule has 0 aromatic heterocycles. The first-order chi connectivity index (χ1) is 8.72. The first kappa shape index (κ1) is 12.5. The molecule has 3 nitrogen and oxygen atoms in total. The molecule has 1 aromatic carbocycles. The quantitative estimate of drug-likeness (QED) is 0.900. The van der Waals surface area contributed by atoms with Crippen molar-refractivity contribution in [3.05, 3.63) is 28.7 Å². The van der Waals surface area contributed by atoms with Crippen molar-refractivity contribution in [3.8, 4) is 0 Å². The number of hydrogen-bond acceptors (Lipinski definition) is 3. The van der Waals surface area contributed by atoms with Crippen molar-refractivity contribution in [1.29, 1.82) is 0 Å². The second-order valence-corrected chi connectivity index (χ2v) is 6.44. The summed E-state index contributed by atoms with van der Waals surface area (Å²) < 4.78 is 1.12. The van der Waals surface area contributed by atoms with Crippen LogP contribution in [0.3, 0.4) is 0 Å². The predicted molar refractivity (Wildman–Crippen MR) is 78.7 cm³/mol. The number of rotatable bonds is 3. The van der Waals surface area contributed by atoms with Gasteiger partial charge in [0.05, 0.1) is 5.54 Å². The molecule has 2 bridgehead atoms. The molecule has 18 heavy (non-hydrogen) atoms. The summed E-state index contributed by atoms with van der Waals surface area (Å²) in [4.78, 5) is 2.56. The second-order valence-electron chi connectivity index (χ2n) is 5.53. The van der Waals surface area contributed by atoms with Crippen LogP contribution in [0, 0.1) is 5.92 Å². The summed E-state index contributed by atoms with van der Waals surface area (Å²) in [7, 11) is 0. The van der Waals surface area contributed by atoms with Crippen LogP contribution in [0.4, 0.5) is 5.69 Å². The predicted octanol–water partition coefficient (Wildman–Crippen LogP) is 2.28. The minimum atomic E-state index is 0.0980. The molecule has 2 aliphatic heterocycles. The van der Waals surface area contributed by atoms with E-state index in [0.29, 0.717) is 5.92 Å². The van der Waals surface area contributed by atoms with E-state index in [1.807, 2.05) is 0 Å². The monoisotopic (exact) mass is 309 g/mol. The number of fused-ring (bicyclic) bond motifs is 2. The van der Waals surface area contributed by atoms with Crippen LogP contribution in [0.15, 0.2) is 28.7 Å². The SMILES string of the molecule is NCC1(Nc2ccc(Br)cc2)CCN2CCC1C2. The summed E-state index contributed by atoms with van der Waals surface area (Å²) in [6.07, 6.45) is 2.44. The smallest absolute Gasteiger partial charge is 0.0548 e. The van der Waals surface area contributed by atoms with E-state index in [1.54, 1.807) is 0 Å². The zero-order chi connectivity index (χ0) is 12.6. The lowest BCUT2D eigenvalue weighted by Gasteiger charge is -2.43. The topological polar surface area (TPSA) is 41.3 Å². The fraction of sp³-hybridized carbons (Fsp3) is 0.571. The summed E-state index contributed by atoms with van der Waals surface area (Å²) >= 11 is 3.47. The third kappa shape index (κ3) is 2.17. The normalized spacial score (nSPS) is 34.6. The van der Waals surface area contributed by atoms with E-state index in [0.717, 1.165) is 17.4 Å². The maximum atomic E-state index is 6.11. The summed E-state index contributed by atoms with van der Waals surface area (Å²) in [6, 6.07) is 8.41. The molecule has 1 aromatic rings. The summed E-state index contributed by atoms with van der Waals surface area (Å²) in [5.74, 6) is 0.694. The largest absolute Gasteiger partial charge is 0.378 e. The molecule has 3 atom stereocenters. The first-order valence-corrected chi connectivity index (χ1v) is 7.47. The van der Waals surface area contributed by atoms with Crippen molar-refractivity contribution in [2.75, 3.05) is 31.5 Å². The van der Waals surface area contributed by atoms with Gasteiger partial charge in [0.1, 0.15) is 0 Å². The van der Waals surface area contributed by atoms with Crippen LogP contribution < -0.4 is 11.1 Å². The Hall–Kier alpha value is -0.580. The molecule has 0 saturated carbocycles. The number of halogens is 1. The molecule has 3 N–H and O–H groups in total. The van der Waals surface area contributed by atoms with Gasteiger partial charge in [0.25, 0.3) is 0 Å². The van der Waals surface area contributed by atoms with Crippen molar-refractivity contribution in [2.45, 2.75) is 18.4 Å². The molecule has 2 saturated heterocycles. The lowest BCUT2D eigenvalue weighted by atomic mass is 9.78. The van der Waals surface area contributed by atoms with Crippen LogP contribution in [0.2, 0.25) is 0 Å². The minimum absolute atomic E-state index is 0.0980. The van der Waals surface area contributed by atoms with E-state index in [4.69, 9.17) is 5.73 Å². The van der Waals surface area contributed by atoms with E-state index in [1.165, 1.54) is 31.7 Å². The van der Waals surface area contributed by atoms with Gasteiger partial charge in [0.15, 0.2) is 0 Å². The van der Waals surface area contributed by atoms with Crippen molar-refractivity contribution in [1.82, 2.24) is 4.90 Å². The Morgan fingerprint density at radius 3 is 2.83 bits per heavy atom. The molecule has 0 amide bonds. The van der Waals surface area contributed by atoms with Crippen molar-refractivity contribution >= 4 is 21.6 Å². The fourth-order valence-corrected chi connectivity index (χ4v) is 3.62. The highest BCUT2D eigenvalue weighted by molar-refractivity contribution is 9.10. The number of anilines is 1. The molecule has 0 radical (unpaired) electrons. The molecular formula is C14H20BrN3. The number of benzene rings is 1. The zero-order valence-electron chi connectivity index (χ0n) is 10.5. The third-order valence-corrected chi connectivity index (χ3v) is 5.06. The van der Waals surface area contributed by atoms with E-state index in [-0.39, 0.29) is 5.54 Å². The van der Waals surface area contributed by atoms with Crippen molar-refractivity contribution in [2.24, 2.45) is 11.7 Å². The van der Waals surface area contributed by atoms with Gasteiger partial charge in [-0.2, -0.15) is 0 Å². The maximum absolute atomic E-state index is 6.11. The standard InChI is InChI=1S/C14H20BrN3/c15-12-1-3-13(4-2-12)17-14(10-16)6-8-18-7-5-11(14)9-18/h1-4,11,17H,5-10,16H2. The highest BCUT2D eigenvalue weighted by Crippen LogP contribution is 2.37. The van der Waals surface area contributed by atoms with E-state index >= 15 is 0 Å². The van der Waals surface area contributed by atoms with Gasteiger partial charge >= 0.3 is 0 Å². The lowest BCUT2D eigenvalue weighted by molar-refractivity contribution is 0.190. The molecule has 2 heterocycles.